The molecule has 0 saturated carbocycles. The first kappa shape index (κ1) is 17.0. The first-order valence-corrected chi connectivity index (χ1v) is 8.14. The topological polar surface area (TPSA) is 45.5 Å². The molecule has 1 N–H and O–H groups in total. The van der Waals surface area contributed by atoms with Crippen LogP contribution in [-0.4, -0.2) is 52.1 Å². The maximum atomic E-state index is 13.9. The maximum Gasteiger partial charge on any atom is 0.244 e. The standard InChI is InChI=1S/C16H22F3N5/c1-9(2)13-6-11(17)14-7-20-16(22-24(13)14)21-12-4-5-23(3)8-10(12)15(18)19/h6-7,9-10,12,15H,4-5,8H2,1-3H3,(H,21,22)/t10?,12-/m0/s1. The molecule has 3 rings (SSSR count). The Kier molecular flexibility index (Phi) is 4.67. The number of rotatable bonds is 4. The lowest BCUT2D eigenvalue weighted by atomic mass is 9.93. The van der Waals surface area contributed by atoms with E-state index in [1.165, 1.54) is 16.8 Å². The summed E-state index contributed by atoms with van der Waals surface area (Å²) in [5.74, 6) is -0.828. The van der Waals surface area contributed by atoms with Crippen molar-refractivity contribution in [3.05, 3.63) is 23.8 Å². The van der Waals surface area contributed by atoms with Crippen molar-refractivity contribution in [1.29, 1.82) is 0 Å². The van der Waals surface area contributed by atoms with Gasteiger partial charge in [0, 0.05) is 18.3 Å². The van der Waals surface area contributed by atoms with Crippen LogP contribution in [0.3, 0.4) is 0 Å². The highest BCUT2D eigenvalue weighted by molar-refractivity contribution is 5.50. The molecule has 0 radical (unpaired) electrons. The van der Waals surface area contributed by atoms with Gasteiger partial charge in [-0.15, -0.1) is 5.10 Å². The molecule has 8 heteroatoms. The molecule has 3 heterocycles. The minimum absolute atomic E-state index is 0.0851. The number of alkyl halides is 2. The summed E-state index contributed by atoms with van der Waals surface area (Å²) < 4.78 is 42.1. The lowest BCUT2D eigenvalue weighted by molar-refractivity contribution is 0.0272. The molecule has 1 aliphatic rings. The van der Waals surface area contributed by atoms with E-state index in [4.69, 9.17) is 0 Å². The van der Waals surface area contributed by atoms with Crippen molar-refractivity contribution in [3.63, 3.8) is 0 Å². The lowest BCUT2D eigenvalue weighted by Gasteiger charge is -2.36. The Morgan fingerprint density at radius 1 is 1.33 bits per heavy atom. The first-order valence-electron chi connectivity index (χ1n) is 8.14. The number of likely N-dealkylation sites (tertiary alicyclic amines) is 1. The normalized spacial score (nSPS) is 22.7. The summed E-state index contributed by atoms with van der Waals surface area (Å²) in [4.78, 5) is 6.01. The second-order valence-corrected chi connectivity index (χ2v) is 6.75. The zero-order valence-corrected chi connectivity index (χ0v) is 14.0. The molecule has 0 aliphatic carbocycles. The number of piperidine rings is 1. The highest BCUT2D eigenvalue weighted by atomic mass is 19.3. The fourth-order valence-corrected chi connectivity index (χ4v) is 3.21. The third-order valence-electron chi connectivity index (χ3n) is 4.59. The van der Waals surface area contributed by atoms with Crippen molar-refractivity contribution in [2.24, 2.45) is 5.92 Å². The second kappa shape index (κ2) is 6.58. The van der Waals surface area contributed by atoms with Crippen molar-refractivity contribution >= 4 is 11.5 Å². The van der Waals surface area contributed by atoms with Crippen molar-refractivity contribution in [1.82, 2.24) is 19.5 Å². The van der Waals surface area contributed by atoms with Gasteiger partial charge in [0.25, 0.3) is 0 Å². The summed E-state index contributed by atoms with van der Waals surface area (Å²) in [5.41, 5.74) is 1.01. The summed E-state index contributed by atoms with van der Waals surface area (Å²) in [6, 6.07) is 1.04. The van der Waals surface area contributed by atoms with Gasteiger partial charge in [0.2, 0.25) is 12.4 Å². The van der Waals surface area contributed by atoms with E-state index in [-0.39, 0.29) is 23.2 Å². The summed E-state index contributed by atoms with van der Waals surface area (Å²) in [5, 5.41) is 7.35. The molecule has 0 amide bonds. The highest BCUT2D eigenvalue weighted by Crippen LogP contribution is 2.26. The van der Waals surface area contributed by atoms with Crippen LogP contribution in [0.4, 0.5) is 19.1 Å². The molecule has 5 nitrogen and oxygen atoms in total. The Labute approximate surface area is 138 Å². The van der Waals surface area contributed by atoms with Gasteiger partial charge in [0.15, 0.2) is 5.82 Å². The van der Waals surface area contributed by atoms with Crippen molar-refractivity contribution in [2.45, 2.75) is 38.7 Å². The van der Waals surface area contributed by atoms with E-state index < -0.39 is 18.4 Å². The Balaban J connectivity index is 1.88. The number of hydrogen-bond donors (Lipinski definition) is 1. The number of nitrogens with one attached hydrogen (secondary N) is 1. The van der Waals surface area contributed by atoms with Crippen LogP contribution >= 0.6 is 0 Å². The molecule has 24 heavy (non-hydrogen) atoms. The zero-order valence-electron chi connectivity index (χ0n) is 14.0. The molecule has 0 aromatic carbocycles. The largest absolute Gasteiger partial charge is 0.350 e. The molecule has 1 unspecified atom stereocenters. The molecule has 0 bridgehead atoms. The fraction of sp³-hybridized carbons (Fsp3) is 0.625. The smallest absolute Gasteiger partial charge is 0.244 e. The van der Waals surface area contributed by atoms with Gasteiger partial charge < -0.3 is 10.2 Å². The third kappa shape index (κ3) is 3.19. The Hall–Kier alpha value is -1.83. The minimum atomic E-state index is -2.41. The quantitative estimate of drug-likeness (QED) is 0.929. The van der Waals surface area contributed by atoms with E-state index in [1.807, 2.05) is 25.8 Å². The third-order valence-corrected chi connectivity index (χ3v) is 4.59. The van der Waals surface area contributed by atoms with E-state index in [9.17, 15) is 13.2 Å². The monoisotopic (exact) mass is 341 g/mol. The van der Waals surface area contributed by atoms with E-state index in [2.05, 4.69) is 15.4 Å². The molecule has 1 saturated heterocycles. The molecule has 2 atom stereocenters. The first-order chi connectivity index (χ1) is 11.4. The van der Waals surface area contributed by atoms with Crippen molar-refractivity contribution in [3.8, 4) is 0 Å². The van der Waals surface area contributed by atoms with Gasteiger partial charge in [-0.05, 0) is 32.0 Å². The average Bonchev–Trinajstić information content (AvgIpc) is 2.86. The molecule has 1 fully saturated rings. The van der Waals surface area contributed by atoms with Crippen LogP contribution in [0, 0.1) is 11.7 Å². The average molecular weight is 341 g/mol. The second-order valence-electron chi connectivity index (χ2n) is 6.75. The van der Waals surface area contributed by atoms with Gasteiger partial charge in [-0.3, -0.25) is 0 Å². The minimum Gasteiger partial charge on any atom is -0.350 e. The summed E-state index contributed by atoms with van der Waals surface area (Å²) in [6.45, 7) is 4.95. The van der Waals surface area contributed by atoms with E-state index in [1.54, 1.807) is 0 Å². The summed E-state index contributed by atoms with van der Waals surface area (Å²) in [6.07, 6.45) is -0.434. The molecule has 2 aromatic rings. The van der Waals surface area contributed by atoms with Crippen LogP contribution in [0.1, 0.15) is 31.9 Å². The number of nitrogens with zero attached hydrogens (tertiary/aromatic N) is 4. The molecule has 132 valence electrons. The van der Waals surface area contributed by atoms with Crippen LogP contribution in [-0.2, 0) is 0 Å². The molecular weight excluding hydrogens is 319 g/mol. The molecule has 1 aliphatic heterocycles. The zero-order chi connectivity index (χ0) is 17.4. The van der Waals surface area contributed by atoms with Crippen LogP contribution in [0.15, 0.2) is 12.3 Å². The van der Waals surface area contributed by atoms with Gasteiger partial charge in [-0.1, -0.05) is 13.8 Å². The van der Waals surface area contributed by atoms with E-state index in [0.717, 1.165) is 12.2 Å². The van der Waals surface area contributed by atoms with Gasteiger partial charge in [0.1, 0.15) is 5.52 Å². The Morgan fingerprint density at radius 3 is 2.75 bits per heavy atom. The number of aromatic nitrogens is 3. The molecule has 0 spiro atoms. The van der Waals surface area contributed by atoms with Crippen LogP contribution in [0.5, 0.6) is 0 Å². The number of halogens is 3. The predicted octanol–water partition coefficient (Wildman–Crippen LogP) is 2.99. The summed E-state index contributed by atoms with van der Waals surface area (Å²) in [7, 11) is 1.84. The van der Waals surface area contributed by atoms with E-state index in [0.29, 0.717) is 13.0 Å². The van der Waals surface area contributed by atoms with E-state index >= 15 is 0 Å². The van der Waals surface area contributed by atoms with Gasteiger partial charge in [-0.2, -0.15) is 0 Å². The fourth-order valence-electron chi connectivity index (χ4n) is 3.21. The van der Waals surface area contributed by atoms with Crippen LogP contribution in [0.25, 0.3) is 5.52 Å². The number of anilines is 1. The Morgan fingerprint density at radius 2 is 2.08 bits per heavy atom. The van der Waals surface area contributed by atoms with Gasteiger partial charge in [-0.25, -0.2) is 22.7 Å². The molecule has 2 aromatic heterocycles. The van der Waals surface area contributed by atoms with Crippen molar-refractivity contribution < 1.29 is 13.2 Å². The Bertz CT molecular complexity index is 715. The van der Waals surface area contributed by atoms with Gasteiger partial charge in [0.05, 0.1) is 12.1 Å². The summed E-state index contributed by atoms with van der Waals surface area (Å²) >= 11 is 0. The van der Waals surface area contributed by atoms with Gasteiger partial charge >= 0.3 is 0 Å². The van der Waals surface area contributed by atoms with Crippen molar-refractivity contribution in [2.75, 3.05) is 25.5 Å². The molecular formula is C16H22F3N5. The maximum absolute atomic E-state index is 13.9. The van der Waals surface area contributed by atoms with Crippen LogP contribution < -0.4 is 5.32 Å². The predicted molar refractivity (Wildman–Crippen MR) is 86.1 cm³/mol. The lowest BCUT2D eigenvalue weighted by Crippen LogP contribution is -2.48. The SMILES string of the molecule is CC(C)c1cc(F)c2cnc(N[C@H]3CCN(C)CC3C(F)F)nn12. The highest BCUT2D eigenvalue weighted by Gasteiger charge is 2.34. The number of fused-ring (bicyclic) bond motifs is 1. The van der Waals surface area contributed by atoms with Crippen LogP contribution in [0.2, 0.25) is 0 Å². The number of hydrogen-bond acceptors (Lipinski definition) is 4.